The summed E-state index contributed by atoms with van der Waals surface area (Å²) in [6, 6.07) is 4.96. The van der Waals surface area contributed by atoms with E-state index in [0.717, 1.165) is 24.0 Å². The number of rotatable bonds is 1. The van der Waals surface area contributed by atoms with E-state index in [1.807, 2.05) is 4.90 Å². The molecule has 1 aromatic carbocycles. The van der Waals surface area contributed by atoms with Crippen molar-refractivity contribution in [3.05, 3.63) is 28.2 Å². The summed E-state index contributed by atoms with van der Waals surface area (Å²) >= 11 is 3.33. The van der Waals surface area contributed by atoms with Gasteiger partial charge >= 0.3 is 0 Å². The molecule has 1 fully saturated rings. The third-order valence-electron chi connectivity index (χ3n) is 3.35. The Bertz CT molecular complexity index is 451. The number of nitrogens with zero attached hydrogens (tertiary/aromatic N) is 1. The third kappa shape index (κ3) is 2.86. The van der Waals surface area contributed by atoms with E-state index in [0.29, 0.717) is 17.4 Å². The lowest BCUT2D eigenvalue weighted by Gasteiger charge is -2.35. The largest absolute Gasteiger partial charge is 0.507 e. The Hall–Kier alpha value is -1.03. The number of carbonyl (C=O) groups excluding carboxylic acids is 1. The van der Waals surface area contributed by atoms with Crippen LogP contribution in [-0.2, 0) is 0 Å². The van der Waals surface area contributed by atoms with E-state index in [2.05, 4.69) is 29.8 Å². The number of carbonyl (C=O) groups is 1. The zero-order chi connectivity index (χ0) is 13.3. The summed E-state index contributed by atoms with van der Waals surface area (Å²) in [6.07, 6.45) is 1.16. The van der Waals surface area contributed by atoms with Crippen LogP contribution in [0, 0.1) is 11.8 Å². The van der Waals surface area contributed by atoms with Crippen molar-refractivity contribution in [1.29, 1.82) is 0 Å². The van der Waals surface area contributed by atoms with Crippen molar-refractivity contribution in [3.63, 3.8) is 0 Å². The lowest BCUT2D eigenvalue weighted by molar-refractivity contribution is 0.0620. The van der Waals surface area contributed by atoms with Crippen LogP contribution < -0.4 is 0 Å². The van der Waals surface area contributed by atoms with Crippen molar-refractivity contribution in [2.45, 2.75) is 20.3 Å². The lowest BCUT2D eigenvalue weighted by Crippen LogP contribution is -2.42. The molecule has 1 N–H and O–H groups in total. The number of amides is 1. The molecular weight excluding hydrogens is 294 g/mol. The highest BCUT2D eigenvalue weighted by Crippen LogP contribution is 2.27. The fourth-order valence-corrected chi connectivity index (χ4v) is 3.04. The average Bonchev–Trinajstić information content (AvgIpc) is 2.30. The number of piperidine rings is 1. The predicted octanol–water partition coefficient (Wildman–Crippen LogP) is 3.27. The number of halogens is 1. The Morgan fingerprint density at radius 3 is 2.56 bits per heavy atom. The van der Waals surface area contributed by atoms with Crippen LogP contribution in [0.2, 0.25) is 0 Å². The quantitative estimate of drug-likeness (QED) is 0.864. The molecule has 18 heavy (non-hydrogen) atoms. The Morgan fingerprint density at radius 1 is 1.33 bits per heavy atom. The van der Waals surface area contributed by atoms with Crippen molar-refractivity contribution in [2.75, 3.05) is 13.1 Å². The van der Waals surface area contributed by atoms with Gasteiger partial charge < -0.3 is 10.0 Å². The molecule has 0 saturated carbocycles. The van der Waals surface area contributed by atoms with Gasteiger partial charge in [0.15, 0.2) is 0 Å². The van der Waals surface area contributed by atoms with E-state index >= 15 is 0 Å². The fourth-order valence-electron chi connectivity index (χ4n) is 2.68. The van der Waals surface area contributed by atoms with Crippen LogP contribution in [0.3, 0.4) is 0 Å². The van der Waals surface area contributed by atoms with E-state index in [9.17, 15) is 9.90 Å². The van der Waals surface area contributed by atoms with E-state index < -0.39 is 0 Å². The molecule has 1 amide bonds. The molecule has 2 rings (SSSR count). The van der Waals surface area contributed by atoms with Gasteiger partial charge in [0.25, 0.3) is 5.91 Å². The fraction of sp³-hybridized carbons (Fsp3) is 0.500. The van der Waals surface area contributed by atoms with Crippen molar-refractivity contribution in [1.82, 2.24) is 4.90 Å². The zero-order valence-corrected chi connectivity index (χ0v) is 12.3. The average molecular weight is 312 g/mol. The lowest BCUT2D eigenvalue weighted by atomic mass is 9.91. The minimum Gasteiger partial charge on any atom is -0.507 e. The van der Waals surface area contributed by atoms with Gasteiger partial charge in [0, 0.05) is 17.6 Å². The predicted molar refractivity (Wildman–Crippen MR) is 74.7 cm³/mol. The first-order valence-electron chi connectivity index (χ1n) is 6.25. The maximum Gasteiger partial charge on any atom is 0.257 e. The zero-order valence-electron chi connectivity index (χ0n) is 10.7. The Balaban J connectivity index is 2.22. The molecule has 0 spiro atoms. The van der Waals surface area contributed by atoms with Gasteiger partial charge in [-0.2, -0.15) is 0 Å². The first-order valence-corrected chi connectivity index (χ1v) is 7.04. The van der Waals surface area contributed by atoms with Crippen LogP contribution in [-0.4, -0.2) is 29.0 Å². The van der Waals surface area contributed by atoms with Crippen LogP contribution >= 0.6 is 15.9 Å². The number of likely N-dealkylation sites (tertiary alicyclic amines) is 1. The monoisotopic (exact) mass is 311 g/mol. The van der Waals surface area contributed by atoms with E-state index in [1.54, 1.807) is 18.2 Å². The highest BCUT2D eigenvalue weighted by molar-refractivity contribution is 9.10. The second-order valence-electron chi connectivity index (χ2n) is 5.32. The van der Waals surface area contributed by atoms with Crippen LogP contribution in [0.5, 0.6) is 5.75 Å². The van der Waals surface area contributed by atoms with Gasteiger partial charge in [-0.25, -0.2) is 0 Å². The number of hydrogen-bond acceptors (Lipinski definition) is 2. The molecule has 3 nitrogen and oxygen atoms in total. The summed E-state index contributed by atoms with van der Waals surface area (Å²) in [5, 5.41) is 9.80. The molecule has 0 aliphatic carbocycles. The van der Waals surface area contributed by atoms with E-state index in [-0.39, 0.29) is 11.7 Å². The van der Waals surface area contributed by atoms with Gasteiger partial charge in [0.1, 0.15) is 5.75 Å². The summed E-state index contributed by atoms with van der Waals surface area (Å²) in [7, 11) is 0. The highest BCUT2D eigenvalue weighted by atomic mass is 79.9. The Labute approximate surface area is 116 Å². The molecule has 1 saturated heterocycles. The van der Waals surface area contributed by atoms with Crippen LogP contribution in [0.1, 0.15) is 30.6 Å². The normalized spacial score (nSPS) is 24.1. The second-order valence-corrected chi connectivity index (χ2v) is 6.23. The summed E-state index contributed by atoms with van der Waals surface area (Å²) in [5.41, 5.74) is 0.380. The standard InChI is InChI=1S/C14H18BrNO2/c1-9-5-10(2)8-16(7-9)14(18)12-6-11(15)3-4-13(12)17/h3-4,6,9-10,17H,5,7-8H2,1-2H3. The van der Waals surface area contributed by atoms with Crippen molar-refractivity contribution in [3.8, 4) is 5.75 Å². The molecule has 0 bridgehead atoms. The summed E-state index contributed by atoms with van der Waals surface area (Å²) < 4.78 is 0.807. The number of benzene rings is 1. The smallest absolute Gasteiger partial charge is 0.257 e. The van der Waals surface area contributed by atoms with Gasteiger partial charge in [-0.1, -0.05) is 29.8 Å². The minimum atomic E-state index is -0.0767. The summed E-state index contributed by atoms with van der Waals surface area (Å²) in [6.45, 7) is 5.87. The summed E-state index contributed by atoms with van der Waals surface area (Å²) in [4.78, 5) is 14.3. The minimum absolute atomic E-state index is 0.0501. The number of phenolic OH excluding ortho intramolecular Hbond substituents is 1. The van der Waals surface area contributed by atoms with E-state index in [4.69, 9.17) is 0 Å². The molecule has 1 heterocycles. The maximum absolute atomic E-state index is 12.4. The first kappa shape index (κ1) is 13.4. The molecular formula is C14H18BrNO2. The molecule has 0 radical (unpaired) electrons. The third-order valence-corrected chi connectivity index (χ3v) is 3.84. The number of aromatic hydroxyl groups is 1. The molecule has 98 valence electrons. The van der Waals surface area contributed by atoms with Gasteiger partial charge in [-0.05, 0) is 36.5 Å². The van der Waals surface area contributed by atoms with Gasteiger partial charge in [0.2, 0.25) is 0 Å². The molecule has 0 aromatic heterocycles. The van der Waals surface area contributed by atoms with Crippen LogP contribution in [0.25, 0.3) is 0 Å². The Kier molecular flexibility index (Phi) is 3.95. The molecule has 1 aliphatic rings. The molecule has 1 aliphatic heterocycles. The number of phenols is 1. The van der Waals surface area contributed by atoms with E-state index in [1.165, 1.54) is 0 Å². The maximum atomic E-state index is 12.4. The first-order chi connectivity index (χ1) is 8.47. The summed E-state index contributed by atoms with van der Waals surface area (Å²) in [5.74, 6) is 1.01. The topological polar surface area (TPSA) is 40.5 Å². The molecule has 2 atom stereocenters. The Morgan fingerprint density at radius 2 is 1.94 bits per heavy atom. The van der Waals surface area contributed by atoms with Gasteiger partial charge in [-0.3, -0.25) is 4.79 Å². The van der Waals surface area contributed by atoms with Crippen molar-refractivity contribution < 1.29 is 9.90 Å². The van der Waals surface area contributed by atoms with Crippen LogP contribution in [0.15, 0.2) is 22.7 Å². The van der Waals surface area contributed by atoms with Crippen LogP contribution in [0.4, 0.5) is 0 Å². The second kappa shape index (κ2) is 5.31. The van der Waals surface area contributed by atoms with Gasteiger partial charge in [0.05, 0.1) is 5.56 Å². The number of hydrogen-bond donors (Lipinski definition) is 1. The SMILES string of the molecule is CC1CC(C)CN(C(=O)c2cc(Br)ccc2O)C1. The molecule has 4 heteroatoms. The molecule has 1 aromatic rings. The highest BCUT2D eigenvalue weighted by Gasteiger charge is 2.27. The van der Waals surface area contributed by atoms with Crippen molar-refractivity contribution >= 4 is 21.8 Å². The molecule has 2 unspecified atom stereocenters. The van der Waals surface area contributed by atoms with Gasteiger partial charge in [-0.15, -0.1) is 0 Å². The van der Waals surface area contributed by atoms with Crippen molar-refractivity contribution in [2.24, 2.45) is 11.8 Å².